The van der Waals surface area contributed by atoms with Gasteiger partial charge in [-0.1, -0.05) is 0 Å². The maximum Gasteiger partial charge on any atom is 0.338 e. The van der Waals surface area contributed by atoms with Crippen molar-refractivity contribution in [2.75, 3.05) is 13.6 Å². The summed E-state index contributed by atoms with van der Waals surface area (Å²) in [7, 11) is -2.55. The van der Waals surface area contributed by atoms with Crippen LogP contribution in [0.15, 0.2) is 23.1 Å². The molecule has 7 nitrogen and oxygen atoms in total. The summed E-state index contributed by atoms with van der Waals surface area (Å²) in [5.74, 6) is -2.96. The van der Waals surface area contributed by atoms with Crippen LogP contribution in [-0.4, -0.2) is 49.9 Å². The molecule has 1 heterocycles. The Hall–Kier alpha value is -2.00. The van der Waals surface area contributed by atoms with E-state index < -0.39 is 38.3 Å². The minimum Gasteiger partial charge on any atom is -0.478 e. The lowest BCUT2D eigenvalue weighted by Crippen LogP contribution is -2.40. The zero-order valence-electron chi connectivity index (χ0n) is 11.0. The van der Waals surface area contributed by atoms with Gasteiger partial charge in [-0.2, -0.15) is 4.72 Å². The van der Waals surface area contributed by atoms with Crippen LogP contribution >= 0.6 is 0 Å². The van der Waals surface area contributed by atoms with Crippen molar-refractivity contribution in [2.45, 2.75) is 17.4 Å². The van der Waals surface area contributed by atoms with Crippen LogP contribution < -0.4 is 4.72 Å². The number of nitrogens with one attached hydrogen (secondary N) is 1. The predicted molar refractivity (Wildman–Crippen MR) is 69.7 cm³/mol. The number of rotatable bonds is 4. The maximum absolute atomic E-state index is 13.3. The second-order valence-corrected chi connectivity index (χ2v) is 6.38. The third-order valence-electron chi connectivity index (χ3n) is 3.20. The zero-order chi connectivity index (χ0) is 15.8. The number of hydrogen-bond acceptors (Lipinski definition) is 4. The molecular weight excluding hydrogens is 303 g/mol. The van der Waals surface area contributed by atoms with Gasteiger partial charge in [0, 0.05) is 13.6 Å². The molecule has 1 aromatic carbocycles. The summed E-state index contributed by atoms with van der Waals surface area (Å²) in [5, 5.41) is 8.80. The van der Waals surface area contributed by atoms with Crippen molar-refractivity contribution in [2.24, 2.45) is 0 Å². The summed E-state index contributed by atoms with van der Waals surface area (Å²) in [5.41, 5.74) is -0.743. The lowest BCUT2D eigenvalue weighted by atomic mass is 10.2. The van der Waals surface area contributed by atoms with Crippen LogP contribution in [0.1, 0.15) is 16.8 Å². The van der Waals surface area contributed by atoms with Gasteiger partial charge in [-0.15, -0.1) is 0 Å². The Balaban J connectivity index is 2.30. The number of carboxylic acids is 1. The molecule has 1 unspecified atom stereocenters. The molecule has 114 valence electrons. The van der Waals surface area contributed by atoms with Crippen LogP contribution in [0.25, 0.3) is 0 Å². The number of benzene rings is 1. The zero-order valence-corrected chi connectivity index (χ0v) is 11.9. The number of carbonyl (C=O) groups is 2. The average molecular weight is 316 g/mol. The number of likely N-dealkylation sites (tertiary alicyclic amines) is 1. The van der Waals surface area contributed by atoms with Gasteiger partial charge in [0.05, 0.1) is 10.5 Å². The van der Waals surface area contributed by atoms with E-state index in [9.17, 15) is 22.4 Å². The molecule has 0 spiro atoms. The fraction of sp³-hybridized carbons (Fsp3) is 0.333. The van der Waals surface area contributed by atoms with Gasteiger partial charge in [-0.25, -0.2) is 17.6 Å². The molecule has 21 heavy (non-hydrogen) atoms. The normalized spacial score (nSPS) is 19.0. The number of hydrogen-bond donors (Lipinski definition) is 2. The minimum atomic E-state index is -4.10. The number of carbonyl (C=O) groups excluding carboxylic acids is 1. The molecule has 1 aliphatic rings. The highest BCUT2D eigenvalue weighted by Gasteiger charge is 2.33. The van der Waals surface area contributed by atoms with Crippen molar-refractivity contribution in [3.05, 3.63) is 29.6 Å². The molecule has 1 aromatic rings. The number of likely N-dealkylation sites (N-methyl/N-ethyl adjacent to an activating group) is 1. The fourth-order valence-electron chi connectivity index (χ4n) is 2.02. The van der Waals surface area contributed by atoms with Crippen molar-refractivity contribution in [3.8, 4) is 0 Å². The van der Waals surface area contributed by atoms with Crippen LogP contribution in [0.3, 0.4) is 0 Å². The molecular formula is C12H13FN2O5S. The molecule has 0 saturated carbocycles. The Morgan fingerprint density at radius 1 is 1.48 bits per heavy atom. The minimum absolute atomic E-state index is 0.321. The molecule has 1 atom stereocenters. The summed E-state index contributed by atoms with van der Waals surface area (Å²) in [6.07, 6.45) is 0.321. The Morgan fingerprint density at radius 2 is 2.14 bits per heavy atom. The molecule has 0 radical (unpaired) electrons. The first kappa shape index (κ1) is 15.4. The van der Waals surface area contributed by atoms with Crippen LogP contribution in [0.4, 0.5) is 4.39 Å². The van der Waals surface area contributed by atoms with Crippen molar-refractivity contribution < 1.29 is 27.5 Å². The number of halogens is 1. The summed E-state index contributed by atoms with van der Waals surface area (Å²) >= 11 is 0. The molecule has 0 aromatic heterocycles. The smallest absolute Gasteiger partial charge is 0.338 e. The standard InChI is InChI=1S/C12H13FN2O5S/c1-15-5-4-10(11(15)16)14-21(19,20)7-2-3-9(13)8(6-7)12(17)18/h2-3,6,10,14H,4-5H2,1H3,(H,17,18). The van der Waals surface area contributed by atoms with E-state index in [1.807, 2.05) is 0 Å². The first-order chi connectivity index (χ1) is 9.72. The van der Waals surface area contributed by atoms with Crippen molar-refractivity contribution >= 4 is 21.9 Å². The predicted octanol–water partition coefficient (Wildman–Crippen LogP) is 0.0329. The van der Waals surface area contributed by atoms with E-state index in [1.54, 1.807) is 7.05 Å². The molecule has 0 aliphatic carbocycles. The third kappa shape index (κ3) is 3.03. The van der Waals surface area contributed by atoms with Crippen LogP contribution in [0, 0.1) is 5.82 Å². The first-order valence-corrected chi connectivity index (χ1v) is 7.51. The van der Waals surface area contributed by atoms with Gasteiger partial charge >= 0.3 is 5.97 Å². The highest BCUT2D eigenvalue weighted by atomic mass is 32.2. The largest absolute Gasteiger partial charge is 0.478 e. The van der Waals surface area contributed by atoms with Gasteiger partial charge < -0.3 is 10.0 Å². The van der Waals surface area contributed by atoms with E-state index in [-0.39, 0.29) is 5.91 Å². The van der Waals surface area contributed by atoms with Crippen molar-refractivity contribution in [1.29, 1.82) is 0 Å². The third-order valence-corrected chi connectivity index (χ3v) is 4.67. The second kappa shape index (κ2) is 5.41. The summed E-state index contributed by atoms with van der Waals surface area (Å²) in [4.78, 5) is 23.5. The maximum atomic E-state index is 13.3. The SMILES string of the molecule is CN1CCC(NS(=O)(=O)c2ccc(F)c(C(=O)O)c2)C1=O. The Labute approximate surface area is 120 Å². The number of nitrogens with zero attached hydrogens (tertiary/aromatic N) is 1. The fourth-order valence-corrected chi connectivity index (χ4v) is 3.27. The second-order valence-electron chi connectivity index (χ2n) is 4.67. The topological polar surface area (TPSA) is 104 Å². The average Bonchev–Trinajstić information content (AvgIpc) is 2.70. The van der Waals surface area contributed by atoms with Gasteiger partial charge in [-0.3, -0.25) is 4.79 Å². The van der Waals surface area contributed by atoms with E-state index >= 15 is 0 Å². The molecule has 1 amide bonds. The van der Waals surface area contributed by atoms with Gasteiger partial charge in [0.2, 0.25) is 15.9 Å². The molecule has 1 aliphatic heterocycles. The van der Waals surface area contributed by atoms with Crippen molar-refractivity contribution in [3.63, 3.8) is 0 Å². The number of sulfonamides is 1. The number of aromatic carboxylic acids is 1. The Kier molecular flexibility index (Phi) is 3.97. The molecule has 0 bridgehead atoms. The number of carboxylic acid groups (broad SMARTS) is 1. The van der Waals surface area contributed by atoms with Crippen LogP contribution in [0.2, 0.25) is 0 Å². The highest BCUT2D eigenvalue weighted by Crippen LogP contribution is 2.17. The quantitative estimate of drug-likeness (QED) is 0.816. The first-order valence-electron chi connectivity index (χ1n) is 6.02. The summed E-state index contributed by atoms with van der Waals surface area (Å²) in [6.45, 7) is 0.426. The Bertz CT molecular complexity index is 704. The van der Waals surface area contributed by atoms with Crippen molar-refractivity contribution in [1.82, 2.24) is 9.62 Å². The summed E-state index contributed by atoms with van der Waals surface area (Å²) in [6, 6.07) is 1.55. The number of amides is 1. The molecule has 1 fully saturated rings. The monoisotopic (exact) mass is 316 g/mol. The van der Waals surface area contributed by atoms with E-state index in [1.165, 1.54) is 4.90 Å². The van der Waals surface area contributed by atoms with Crippen LogP contribution in [-0.2, 0) is 14.8 Å². The van der Waals surface area contributed by atoms with E-state index in [0.29, 0.717) is 13.0 Å². The van der Waals surface area contributed by atoms with E-state index in [2.05, 4.69) is 4.72 Å². The summed E-state index contributed by atoms with van der Waals surface area (Å²) < 4.78 is 39.7. The molecule has 2 N–H and O–H groups in total. The lowest BCUT2D eigenvalue weighted by molar-refractivity contribution is -0.127. The lowest BCUT2D eigenvalue weighted by Gasteiger charge is -2.13. The molecule has 2 rings (SSSR count). The molecule has 9 heteroatoms. The van der Waals surface area contributed by atoms with E-state index in [0.717, 1.165) is 18.2 Å². The van der Waals surface area contributed by atoms with Crippen LogP contribution in [0.5, 0.6) is 0 Å². The van der Waals surface area contributed by atoms with Gasteiger partial charge in [-0.05, 0) is 24.6 Å². The van der Waals surface area contributed by atoms with E-state index in [4.69, 9.17) is 5.11 Å². The highest BCUT2D eigenvalue weighted by molar-refractivity contribution is 7.89. The Morgan fingerprint density at radius 3 is 2.67 bits per heavy atom. The van der Waals surface area contributed by atoms with Gasteiger partial charge in [0.1, 0.15) is 11.9 Å². The van der Waals surface area contributed by atoms with Gasteiger partial charge in [0.25, 0.3) is 0 Å². The molecule has 1 saturated heterocycles. The van der Waals surface area contributed by atoms with Gasteiger partial charge in [0.15, 0.2) is 0 Å².